The van der Waals surface area contributed by atoms with Crippen LogP contribution in [0.4, 0.5) is 5.69 Å². The van der Waals surface area contributed by atoms with Crippen molar-refractivity contribution in [2.75, 3.05) is 18.5 Å². The molecule has 1 aromatic heterocycles. The van der Waals surface area contributed by atoms with Gasteiger partial charge >= 0.3 is 0 Å². The minimum Gasteiger partial charge on any atom is -0.492 e. The second kappa shape index (κ2) is 6.25. The number of nitrogens with one attached hydrogen (secondary N) is 1. The first-order chi connectivity index (χ1) is 9.61. The van der Waals surface area contributed by atoms with Gasteiger partial charge in [0.25, 0.3) is 5.91 Å². The van der Waals surface area contributed by atoms with Crippen LogP contribution in [0.1, 0.15) is 16.2 Å². The summed E-state index contributed by atoms with van der Waals surface area (Å²) in [6.07, 6.45) is 0. The Labute approximate surface area is 118 Å². The van der Waals surface area contributed by atoms with E-state index in [9.17, 15) is 4.79 Å². The highest BCUT2D eigenvalue weighted by Gasteiger charge is 2.11. The van der Waals surface area contributed by atoms with Gasteiger partial charge in [0, 0.05) is 31.0 Å². The number of carbonyl (C=O) groups excluding carboxylic acids is 1. The molecule has 0 aliphatic heterocycles. The first kappa shape index (κ1) is 14.1. The summed E-state index contributed by atoms with van der Waals surface area (Å²) >= 11 is 0. The Morgan fingerprint density at radius 1 is 1.35 bits per heavy atom. The number of aromatic nitrogens is 1. The van der Waals surface area contributed by atoms with Crippen molar-refractivity contribution >= 4 is 11.6 Å². The number of hydrogen-bond donors (Lipinski definition) is 2. The fraction of sp³-hybridized carbons (Fsp3) is 0.267. The van der Waals surface area contributed by atoms with Crippen LogP contribution in [-0.4, -0.2) is 23.6 Å². The standard InChI is InChI=1S/C15H19N3O2/c1-11-6-7-14(18(11)2)15(19)17-12-4-3-5-13(10-12)20-9-8-16/h3-7,10H,8-9,16H2,1-2H3,(H,17,19). The Kier molecular flexibility index (Phi) is 4.42. The molecule has 20 heavy (non-hydrogen) atoms. The molecule has 0 fully saturated rings. The van der Waals surface area contributed by atoms with Crippen LogP contribution >= 0.6 is 0 Å². The van der Waals surface area contributed by atoms with Gasteiger partial charge in [0.2, 0.25) is 0 Å². The zero-order chi connectivity index (χ0) is 14.5. The summed E-state index contributed by atoms with van der Waals surface area (Å²) in [6, 6.07) is 11.0. The van der Waals surface area contributed by atoms with Gasteiger partial charge in [-0.3, -0.25) is 4.79 Å². The highest BCUT2D eigenvalue weighted by Crippen LogP contribution is 2.18. The van der Waals surface area contributed by atoms with E-state index in [0.717, 1.165) is 5.69 Å². The minimum absolute atomic E-state index is 0.142. The molecule has 0 atom stereocenters. The van der Waals surface area contributed by atoms with Crippen LogP contribution in [0.2, 0.25) is 0 Å². The molecule has 1 heterocycles. The topological polar surface area (TPSA) is 69.3 Å². The van der Waals surface area contributed by atoms with Gasteiger partial charge in [-0.1, -0.05) is 6.07 Å². The van der Waals surface area contributed by atoms with Gasteiger partial charge in [0.05, 0.1) is 0 Å². The van der Waals surface area contributed by atoms with Gasteiger partial charge in [-0.2, -0.15) is 0 Å². The van der Waals surface area contributed by atoms with Crippen molar-refractivity contribution in [1.82, 2.24) is 4.57 Å². The molecular formula is C15H19N3O2. The molecule has 0 aliphatic carbocycles. The van der Waals surface area contributed by atoms with Gasteiger partial charge in [-0.25, -0.2) is 0 Å². The first-order valence-electron chi connectivity index (χ1n) is 6.48. The number of aryl methyl sites for hydroxylation is 1. The highest BCUT2D eigenvalue weighted by atomic mass is 16.5. The van der Waals surface area contributed by atoms with Crippen LogP contribution < -0.4 is 15.8 Å². The molecule has 2 rings (SSSR count). The van der Waals surface area contributed by atoms with Gasteiger partial charge in [0.1, 0.15) is 18.1 Å². The van der Waals surface area contributed by atoms with Gasteiger partial charge in [-0.05, 0) is 31.2 Å². The van der Waals surface area contributed by atoms with Crippen molar-refractivity contribution in [3.05, 3.63) is 47.8 Å². The van der Waals surface area contributed by atoms with E-state index in [1.807, 2.05) is 42.8 Å². The van der Waals surface area contributed by atoms with Gasteiger partial charge in [-0.15, -0.1) is 0 Å². The molecule has 0 unspecified atom stereocenters. The number of nitrogens with zero attached hydrogens (tertiary/aromatic N) is 1. The quantitative estimate of drug-likeness (QED) is 0.874. The Bertz CT molecular complexity index is 605. The molecule has 3 N–H and O–H groups in total. The summed E-state index contributed by atoms with van der Waals surface area (Å²) in [7, 11) is 1.87. The predicted octanol–water partition coefficient (Wildman–Crippen LogP) is 1.92. The van der Waals surface area contributed by atoms with Gasteiger partial charge < -0.3 is 20.4 Å². The lowest BCUT2D eigenvalue weighted by molar-refractivity contribution is 0.101. The zero-order valence-electron chi connectivity index (χ0n) is 11.7. The van der Waals surface area contributed by atoms with Crippen LogP contribution in [-0.2, 0) is 7.05 Å². The smallest absolute Gasteiger partial charge is 0.272 e. The number of ether oxygens (including phenoxy) is 1. The van der Waals surface area contributed by atoms with E-state index in [0.29, 0.717) is 30.3 Å². The molecule has 0 spiro atoms. The number of anilines is 1. The minimum atomic E-state index is -0.142. The molecule has 5 nitrogen and oxygen atoms in total. The van der Waals surface area contributed by atoms with E-state index in [4.69, 9.17) is 10.5 Å². The molecule has 106 valence electrons. The number of benzene rings is 1. The maximum Gasteiger partial charge on any atom is 0.272 e. The fourth-order valence-corrected chi connectivity index (χ4v) is 1.88. The number of carbonyl (C=O) groups is 1. The summed E-state index contributed by atoms with van der Waals surface area (Å²) < 4.78 is 7.28. The summed E-state index contributed by atoms with van der Waals surface area (Å²) in [5.41, 5.74) is 7.75. The Hall–Kier alpha value is -2.27. The second-order valence-corrected chi connectivity index (χ2v) is 4.54. The van der Waals surface area contributed by atoms with E-state index in [1.165, 1.54) is 0 Å². The predicted molar refractivity (Wildman–Crippen MR) is 79.1 cm³/mol. The van der Waals surface area contributed by atoms with Crippen molar-refractivity contribution in [2.24, 2.45) is 12.8 Å². The van der Waals surface area contributed by atoms with E-state index in [2.05, 4.69) is 5.32 Å². The average molecular weight is 273 g/mol. The van der Waals surface area contributed by atoms with Gasteiger partial charge in [0.15, 0.2) is 0 Å². The number of nitrogens with two attached hydrogens (primary N) is 1. The summed E-state index contributed by atoms with van der Waals surface area (Å²) in [5, 5.41) is 2.86. The molecule has 0 radical (unpaired) electrons. The second-order valence-electron chi connectivity index (χ2n) is 4.54. The molecule has 0 saturated heterocycles. The number of hydrogen-bond acceptors (Lipinski definition) is 3. The number of rotatable bonds is 5. The lowest BCUT2D eigenvalue weighted by Crippen LogP contribution is -2.16. The van der Waals surface area contributed by atoms with Crippen molar-refractivity contribution in [3.8, 4) is 5.75 Å². The highest BCUT2D eigenvalue weighted by molar-refractivity contribution is 6.03. The first-order valence-corrected chi connectivity index (χ1v) is 6.48. The van der Waals surface area contributed by atoms with E-state index in [-0.39, 0.29) is 5.91 Å². The summed E-state index contributed by atoms with van der Waals surface area (Å²) in [5.74, 6) is 0.549. The van der Waals surface area contributed by atoms with Crippen molar-refractivity contribution in [2.45, 2.75) is 6.92 Å². The molecule has 1 amide bonds. The van der Waals surface area contributed by atoms with Crippen LogP contribution in [0.3, 0.4) is 0 Å². The monoisotopic (exact) mass is 273 g/mol. The van der Waals surface area contributed by atoms with E-state index in [1.54, 1.807) is 12.1 Å². The lowest BCUT2D eigenvalue weighted by atomic mass is 10.3. The maximum atomic E-state index is 12.2. The molecule has 5 heteroatoms. The third kappa shape index (κ3) is 3.19. The normalized spacial score (nSPS) is 10.3. The molecule has 1 aromatic carbocycles. The zero-order valence-corrected chi connectivity index (χ0v) is 11.7. The van der Waals surface area contributed by atoms with E-state index < -0.39 is 0 Å². The molecule has 0 saturated carbocycles. The summed E-state index contributed by atoms with van der Waals surface area (Å²) in [4.78, 5) is 12.2. The SMILES string of the molecule is Cc1ccc(C(=O)Nc2cccc(OCCN)c2)n1C. The fourth-order valence-electron chi connectivity index (χ4n) is 1.88. The average Bonchev–Trinajstić information content (AvgIpc) is 2.77. The molecule has 0 bridgehead atoms. The third-order valence-electron chi connectivity index (χ3n) is 3.08. The largest absolute Gasteiger partial charge is 0.492 e. The molecule has 0 aliphatic rings. The Morgan fingerprint density at radius 2 is 2.15 bits per heavy atom. The van der Waals surface area contributed by atoms with Crippen molar-refractivity contribution in [1.29, 1.82) is 0 Å². The molecule has 2 aromatic rings. The maximum absolute atomic E-state index is 12.2. The third-order valence-corrected chi connectivity index (χ3v) is 3.08. The summed E-state index contributed by atoms with van der Waals surface area (Å²) in [6.45, 7) is 2.87. The Morgan fingerprint density at radius 3 is 2.80 bits per heavy atom. The van der Waals surface area contributed by atoms with Crippen LogP contribution in [0, 0.1) is 6.92 Å². The van der Waals surface area contributed by atoms with Crippen molar-refractivity contribution < 1.29 is 9.53 Å². The number of amides is 1. The van der Waals surface area contributed by atoms with E-state index >= 15 is 0 Å². The molecular weight excluding hydrogens is 254 g/mol. The van der Waals surface area contributed by atoms with Crippen LogP contribution in [0.15, 0.2) is 36.4 Å². The Balaban J connectivity index is 2.09. The van der Waals surface area contributed by atoms with Crippen LogP contribution in [0.25, 0.3) is 0 Å². The van der Waals surface area contributed by atoms with Crippen LogP contribution in [0.5, 0.6) is 5.75 Å². The van der Waals surface area contributed by atoms with Crippen molar-refractivity contribution in [3.63, 3.8) is 0 Å². The lowest BCUT2D eigenvalue weighted by Gasteiger charge is -2.09.